The minimum atomic E-state index is -1.36. The van der Waals surface area contributed by atoms with Gasteiger partial charge in [-0.25, -0.2) is 9.59 Å². The molecule has 0 spiro atoms. The van der Waals surface area contributed by atoms with Gasteiger partial charge in [-0.05, 0) is 18.6 Å². The third-order valence-corrected chi connectivity index (χ3v) is 7.98. The second-order valence-electron chi connectivity index (χ2n) is 9.28. The van der Waals surface area contributed by atoms with E-state index in [0.29, 0.717) is 6.54 Å². The summed E-state index contributed by atoms with van der Waals surface area (Å²) in [5, 5.41) is 24.0. The molecule has 3 heterocycles. The highest BCUT2D eigenvalue weighted by molar-refractivity contribution is 8.00. The van der Waals surface area contributed by atoms with Crippen LogP contribution in [0.3, 0.4) is 0 Å². The third kappa shape index (κ3) is 5.96. The smallest absolute Gasteiger partial charge is 0.352 e. The molecule has 4 N–H and O–H groups in total. The van der Waals surface area contributed by atoms with Gasteiger partial charge in [-0.2, -0.15) is 0 Å². The van der Waals surface area contributed by atoms with Crippen LogP contribution in [-0.4, -0.2) is 110 Å². The highest BCUT2D eigenvalue weighted by Crippen LogP contribution is 2.40. The summed E-state index contributed by atoms with van der Waals surface area (Å²) in [7, 11) is 0. The van der Waals surface area contributed by atoms with Crippen LogP contribution in [0.1, 0.15) is 19.4 Å². The minimum absolute atomic E-state index is 0.0168. The Hall–Kier alpha value is -4.60. The number of anilines is 1. The number of fused-ring (bicyclic) bond motifs is 1. The van der Waals surface area contributed by atoms with Crippen LogP contribution < -0.4 is 10.6 Å². The predicted molar refractivity (Wildman–Crippen MR) is 141 cm³/mol. The number of likely N-dealkylation sites (N-methyl/N-ethyl adjacent to an activating group) is 1. The summed E-state index contributed by atoms with van der Waals surface area (Å²) < 4.78 is 4.90. The highest BCUT2D eigenvalue weighted by atomic mass is 32.2. The first-order valence-corrected chi connectivity index (χ1v) is 13.5. The van der Waals surface area contributed by atoms with Gasteiger partial charge in [0.25, 0.3) is 5.91 Å². The molecule has 6 amide bonds. The number of benzene rings is 1. The number of amides is 6. The lowest BCUT2D eigenvalue weighted by molar-refractivity contribution is -0.153. The van der Waals surface area contributed by atoms with Crippen LogP contribution in [0.15, 0.2) is 29.5 Å². The van der Waals surface area contributed by atoms with Gasteiger partial charge < -0.3 is 30.5 Å². The lowest BCUT2D eigenvalue weighted by atomic mass is 10.0. The van der Waals surface area contributed by atoms with Gasteiger partial charge in [0.05, 0.1) is 6.42 Å². The number of nitrogens with zero attached hydrogens (tertiary/aromatic N) is 3. The number of carboxylic acid groups (broad SMARTS) is 1. The number of phenols is 1. The number of carboxylic acids is 1. The Morgan fingerprint density at radius 2 is 1.85 bits per heavy atom. The monoisotopic (exact) mass is 589 g/mol. The molecule has 218 valence electrons. The quantitative estimate of drug-likeness (QED) is 0.172. The molecular weight excluding hydrogens is 562 g/mol. The van der Waals surface area contributed by atoms with E-state index in [9.17, 15) is 43.8 Å². The average molecular weight is 590 g/mol. The van der Waals surface area contributed by atoms with E-state index < -0.39 is 53.0 Å². The zero-order valence-electron chi connectivity index (χ0n) is 22.0. The zero-order chi connectivity index (χ0) is 30.0. The van der Waals surface area contributed by atoms with E-state index in [1.807, 2.05) is 0 Å². The normalized spacial score (nSPS) is 20.3. The van der Waals surface area contributed by atoms with Crippen molar-refractivity contribution in [1.82, 2.24) is 20.0 Å². The molecule has 0 aliphatic carbocycles. The topological polar surface area (TPSA) is 203 Å². The molecule has 41 heavy (non-hydrogen) atoms. The van der Waals surface area contributed by atoms with Crippen molar-refractivity contribution in [2.75, 3.05) is 37.3 Å². The van der Waals surface area contributed by atoms with Crippen LogP contribution in [-0.2, 0) is 39.9 Å². The summed E-state index contributed by atoms with van der Waals surface area (Å²) in [4.78, 5) is 89.2. The Kier molecular flexibility index (Phi) is 8.51. The number of ether oxygens (including phenoxy) is 1. The second kappa shape index (κ2) is 11.9. The molecule has 2 atom stereocenters. The van der Waals surface area contributed by atoms with Crippen LogP contribution in [0.4, 0.5) is 10.5 Å². The van der Waals surface area contributed by atoms with E-state index in [1.54, 1.807) is 6.92 Å². The fourth-order valence-corrected chi connectivity index (χ4v) is 5.90. The summed E-state index contributed by atoms with van der Waals surface area (Å²) in [5.41, 5.74) is 0.229. The van der Waals surface area contributed by atoms with Crippen LogP contribution in [0.2, 0.25) is 0 Å². The number of β-lactam (4-membered cyclic amide) rings is 1. The number of imide groups is 1. The number of piperazine rings is 1. The molecule has 3 aliphatic heterocycles. The molecule has 1 aromatic carbocycles. The number of nitrogens with one attached hydrogen (secondary N) is 2. The Morgan fingerprint density at radius 1 is 1.12 bits per heavy atom. The van der Waals surface area contributed by atoms with Crippen molar-refractivity contribution in [3.05, 3.63) is 35.0 Å². The van der Waals surface area contributed by atoms with E-state index in [1.165, 1.54) is 41.8 Å². The van der Waals surface area contributed by atoms with Crippen LogP contribution in [0.25, 0.3) is 0 Å². The fourth-order valence-electron chi connectivity index (χ4n) is 4.57. The molecule has 0 aromatic heterocycles. The summed E-state index contributed by atoms with van der Waals surface area (Å²) >= 11 is 1.20. The SMILES string of the molecule is CCN1CCN(C(=O)Nc2cc(O)ccc2CC(=O)NC2C(=O)N3C(C(=O)O)=C(COC(C)=O)CS[C@H]23)C(=O)C1=O. The molecule has 2 fully saturated rings. The molecular formula is C25H27N5O10S. The first kappa shape index (κ1) is 29.4. The van der Waals surface area contributed by atoms with Crippen LogP contribution in [0.5, 0.6) is 5.75 Å². The van der Waals surface area contributed by atoms with Gasteiger partial charge in [-0.15, -0.1) is 11.8 Å². The van der Waals surface area contributed by atoms with Crippen molar-refractivity contribution in [2.24, 2.45) is 0 Å². The van der Waals surface area contributed by atoms with Gasteiger partial charge in [0.2, 0.25) is 5.91 Å². The number of aromatic hydroxyl groups is 1. The van der Waals surface area contributed by atoms with Crippen molar-refractivity contribution >= 4 is 59.0 Å². The first-order chi connectivity index (χ1) is 19.4. The maximum Gasteiger partial charge on any atom is 0.352 e. The first-order valence-electron chi connectivity index (χ1n) is 12.5. The summed E-state index contributed by atoms with van der Waals surface area (Å²) in [5.74, 6) is -5.13. The number of hydrogen-bond donors (Lipinski definition) is 4. The maximum atomic E-state index is 12.9. The fraction of sp³-hybridized carbons (Fsp3) is 0.400. The van der Waals surface area contributed by atoms with Gasteiger partial charge in [-0.1, -0.05) is 6.07 Å². The lowest BCUT2D eigenvalue weighted by Crippen LogP contribution is -2.70. The molecule has 3 aliphatic rings. The molecule has 0 radical (unpaired) electrons. The standard InChI is InChI=1S/C25H27N5O10S/c1-3-28-6-7-29(22(36)21(28)35)25(39)26-16-9-15(32)5-4-13(16)8-17(33)27-18-20(34)30-19(24(37)38)14(10-40-12(2)31)11-41-23(18)30/h4-5,9,18,23,32H,3,6-8,10-11H2,1-2H3,(H,26,39)(H,27,33)(H,37,38)/t18?,23-/m1/s1. The number of carbonyl (C=O) groups is 7. The van der Waals surface area contributed by atoms with Crippen molar-refractivity contribution in [1.29, 1.82) is 0 Å². The number of carbonyl (C=O) groups excluding carboxylic acids is 6. The number of thioether (sulfide) groups is 1. The van der Waals surface area contributed by atoms with Crippen LogP contribution >= 0.6 is 11.8 Å². The Morgan fingerprint density at radius 3 is 2.51 bits per heavy atom. The van der Waals surface area contributed by atoms with Gasteiger partial charge in [-0.3, -0.25) is 33.8 Å². The van der Waals surface area contributed by atoms with Crippen molar-refractivity contribution in [2.45, 2.75) is 31.7 Å². The highest BCUT2D eigenvalue weighted by Gasteiger charge is 2.54. The summed E-state index contributed by atoms with van der Waals surface area (Å²) in [6.07, 6.45) is -0.340. The molecule has 16 heteroatoms. The Bertz CT molecular complexity index is 1380. The van der Waals surface area contributed by atoms with Crippen molar-refractivity contribution < 1.29 is 48.5 Å². The van der Waals surface area contributed by atoms with E-state index in [-0.39, 0.29) is 60.1 Å². The minimum Gasteiger partial charge on any atom is -0.508 e. The summed E-state index contributed by atoms with van der Waals surface area (Å²) in [6, 6.07) is 1.91. The van der Waals surface area contributed by atoms with Gasteiger partial charge in [0.1, 0.15) is 29.5 Å². The molecule has 4 rings (SSSR count). The molecule has 0 bridgehead atoms. The van der Waals surface area contributed by atoms with Gasteiger partial charge >= 0.3 is 29.8 Å². The molecule has 1 aromatic rings. The number of esters is 1. The Balaban J connectivity index is 1.43. The average Bonchev–Trinajstić information content (AvgIpc) is 2.92. The summed E-state index contributed by atoms with van der Waals surface area (Å²) in [6.45, 7) is 3.06. The van der Waals surface area contributed by atoms with Crippen LogP contribution in [0, 0.1) is 0 Å². The third-order valence-electron chi connectivity index (χ3n) is 6.64. The van der Waals surface area contributed by atoms with E-state index in [0.717, 1.165) is 9.80 Å². The Labute approximate surface area is 237 Å². The molecule has 2 saturated heterocycles. The van der Waals surface area contributed by atoms with E-state index in [2.05, 4.69) is 10.6 Å². The second-order valence-corrected chi connectivity index (χ2v) is 10.4. The lowest BCUT2D eigenvalue weighted by Gasteiger charge is -2.49. The zero-order valence-corrected chi connectivity index (χ0v) is 22.9. The molecule has 15 nitrogen and oxygen atoms in total. The molecule has 0 saturated carbocycles. The number of hydrogen-bond acceptors (Lipinski definition) is 10. The van der Waals surface area contributed by atoms with Gasteiger partial charge in [0.15, 0.2) is 0 Å². The van der Waals surface area contributed by atoms with E-state index >= 15 is 0 Å². The van der Waals surface area contributed by atoms with Gasteiger partial charge in [0, 0.05) is 49.6 Å². The molecule has 1 unspecified atom stereocenters. The van der Waals surface area contributed by atoms with E-state index in [4.69, 9.17) is 4.74 Å². The largest absolute Gasteiger partial charge is 0.508 e. The van der Waals surface area contributed by atoms with Crippen molar-refractivity contribution in [3.63, 3.8) is 0 Å². The number of urea groups is 1. The number of rotatable bonds is 8. The predicted octanol–water partition coefficient (Wildman–Crippen LogP) is -0.541. The van der Waals surface area contributed by atoms with Crippen molar-refractivity contribution in [3.8, 4) is 5.75 Å². The number of aliphatic carboxylic acids is 1. The maximum absolute atomic E-state index is 12.9. The number of phenolic OH excluding ortho intramolecular Hbond substituents is 1.